The molecule has 0 aromatic heterocycles. The maximum Gasteiger partial charge on any atom is 2.00 e. The second-order valence-corrected chi connectivity index (χ2v) is 10.9. The summed E-state index contributed by atoms with van der Waals surface area (Å²) in [6, 6.07) is 6.82. The van der Waals surface area contributed by atoms with Crippen LogP contribution < -0.4 is 10.2 Å². The average Bonchev–Trinajstić information content (AvgIpc) is 2.98. The largest absolute Gasteiger partial charge is 2.00 e. The molecule has 242 valence electrons. The predicted molar refractivity (Wildman–Crippen MR) is 180 cm³/mol. The molecule has 1 aromatic rings. The van der Waals surface area contributed by atoms with Gasteiger partial charge in [0.05, 0.1) is 5.97 Å². The summed E-state index contributed by atoms with van der Waals surface area (Å²) >= 11 is 0. The molecule has 0 saturated heterocycles. The third-order valence-corrected chi connectivity index (χ3v) is 6.67. The average molecular weight is 694 g/mol. The minimum absolute atomic E-state index is 0. The van der Waals surface area contributed by atoms with Gasteiger partial charge in [0.25, 0.3) is 0 Å². The van der Waals surface area contributed by atoms with Gasteiger partial charge in [-0.2, -0.15) is 0 Å². The SMILES string of the molecule is CCCCCCCCCCCCCCCCCCC(=O)[O-].CCCc1ccc(C(=O)[O-])cc1.[CH2]CCC.[CH2]CCC.[Sn+2]. The molecule has 5 heteroatoms. The van der Waals surface area contributed by atoms with Crippen molar-refractivity contribution >= 4 is 35.8 Å². The third-order valence-electron chi connectivity index (χ3n) is 6.67. The van der Waals surface area contributed by atoms with Gasteiger partial charge in [-0.1, -0.05) is 194 Å². The maximum atomic E-state index is 10.4. The van der Waals surface area contributed by atoms with E-state index in [9.17, 15) is 19.8 Å². The number of aryl methyl sites for hydroxylation is 1. The molecule has 0 heterocycles. The molecule has 0 unspecified atom stereocenters. The van der Waals surface area contributed by atoms with Crippen molar-refractivity contribution in [1.82, 2.24) is 0 Å². The van der Waals surface area contributed by atoms with E-state index in [1.54, 1.807) is 12.1 Å². The zero-order valence-electron chi connectivity index (χ0n) is 28.1. The van der Waals surface area contributed by atoms with E-state index in [2.05, 4.69) is 41.5 Å². The van der Waals surface area contributed by atoms with Crippen molar-refractivity contribution < 1.29 is 19.8 Å². The van der Waals surface area contributed by atoms with Crippen molar-refractivity contribution in [1.29, 1.82) is 0 Å². The quantitative estimate of drug-likeness (QED) is 0.0896. The molecule has 0 N–H and O–H groups in total. The summed E-state index contributed by atoms with van der Waals surface area (Å²) in [5.41, 5.74) is 1.41. The summed E-state index contributed by atoms with van der Waals surface area (Å²) < 4.78 is 0. The molecule has 0 aliphatic rings. The van der Waals surface area contributed by atoms with E-state index in [-0.39, 0.29) is 35.9 Å². The first-order valence-corrected chi connectivity index (χ1v) is 16.9. The van der Waals surface area contributed by atoms with Crippen molar-refractivity contribution in [2.24, 2.45) is 0 Å². The first-order chi connectivity index (χ1) is 19.8. The summed E-state index contributed by atoms with van der Waals surface area (Å²) in [5.74, 6) is -2.02. The molecule has 1 rings (SSSR count). The van der Waals surface area contributed by atoms with Crippen LogP contribution in [0.25, 0.3) is 0 Å². The molecule has 4 nitrogen and oxygen atoms in total. The van der Waals surface area contributed by atoms with Gasteiger partial charge >= 0.3 is 23.9 Å². The van der Waals surface area contributed by atoms with E-state index < -0.39 is 11.9 Å². The fraction of sp³-hybridized carbons (Fsp3) is 0.730. The van der Waals surface area contributed by atoms with Gasteiger partial charge in [-0.25, -0.2) is 0 Å². The number of rotatable bonds is 22. The molecule has 0 saturated carbocycles. The normalized spacial score (nSPS) is 9.67. The number of benzene rings is 1. The van der Waals surface area contributed by atoms with E-state index in [4.69, 9.17) is 0 Å². The van der Waals surface area contributed by atoms with Crippen LogP contribution in [0.2, 0.25) is 0 Å². The number of aromatic carboxylic acids is 1. The Balaban J connectivity index is -0.000000287. The van der Waals surface area contributed by atoms with Gasteiger partial charge < -0.3 is 19.8 Å². The molecule has 0 aliphatic carbocycles. The molecular formula is C37H66O4Sn. The van der Waals surface area contributed by atoms with Crippen LogP contribution in [0.5, 0.6) is 0 Å². The van der Waals surface area contributed by atoms with E-state index in [1.807, 2.05) is 12.1 Å². The second-order valence-electron chi connectivity index (χ2n) is 10.9. The molecule has 1 aromatic carbocycles. The number of carboxylic acid groups (broad SMARTS) is 2. The van der Waals surface area contributed by atoms with E-state index in [0.717, 1.165) is 38.5 Å². The van der Waals surface area contributed by atoms with Gasteiger partial charge in [-0.3, -0.25) is 0 Å². The number of aliphatic carboxylic acids is 1. The zero-order valence-corrected chi connectivity index (χ0v) is 31.0. The third kappa shape index (κ3) is 43.4. The van der Waals surface area contributed by atoms with Gasteiger partial charge in [0.15, 0.2) is 0 Å². The van der Waals surface area contributed by atoms with Crippen molar-refractivity contribution in [3.05, 3.63) is 49.2 Å². The monoisotopic (exact) mass is 694 g/mol. The first-order valence-electron chi connectivity index (χ1n) is 16.9. The molecule has 0 aliphatic heterocycles. The summed E-state index contributed by atoms with van der Waals surface area (Å²) in [5, 5.41) is 20.6. The molecule has 0 amide bonds. The predicted octanol–water partition coefficient (Wildman–Crippen LogP) is 9.25. The summed E-state index contributed by atoms with van der Waals surface area (Å²) in [6.45, 7) is 15.8. The topological polar surface area (TPSA) is 80.3 Å². The van der Waals surface area contributed by atoms with E-state index in [1.165, 1.54) is 108 Å². The van der Waals surface area contributed by atoms with Crippen LogP contribution in [0.3, 0.4) is 0 Å². The molecule has 0 bridgehead atoms. The fourth-order valence-corrected chi connectivity index (χ4v) is 3.91. The molecular weight excluding hydrogens is 627 g/mol. The summed E-state index contributed by atoms with van der Waals surface area (Å²) in [4.78, 5) is 20.6. The molecule has 0 fully saturated rings. The Morgan fingerprint density at radius 1 is 0.548 bits per heavy atom. The number of carbonyl (C=O) groups is 2. The Bertz CT molecular complexity index is 638. The van der Waals surface area contributed by atoms with Crippen molar-refractivity contribution in [3.63, 3.8) is 0 Å². The molecule has 0 atom stereocenters. The van der Waals surface area contributed by atoms with Gasteiger partial charge in [-0.05, 0) is 30.4 Å². The molecule has 0 spiro atoms. The Morgan fingerprint density at radius 3 is 1.14 bits per heavy atom. The number of carbonyl (C=O) groups excluding carboxylic acids is 2. The number of hydrogen-bond donors (Lipinski definition) is 0. The summed E-state index contributed by atoms with van der Waals surface area (Å²) in [6.07, 6.45) is 27.9. The van der Waals surface area contributed by atoms with Crippen LogP contribution >= 0.6 is 0 Å². The van der Waals surface area contributed by atoms with Crippen LogP contribution in [-0.2, 0) is 11.2 Å². The Hall–Kier alpha value is -1.04. The number of hydrogen-bond acceptors (Lipinski definition) is 4. The Kier molecular flexibility index (Phi) is 48.0. The number of unbranched alkanes of at least 4 members (excludes halogenated alkanes) is 17. The van der Waals surface area contributed by atoms with Gasteiger partial charge in [0, 0.05) is 5.97 Å². The van der Waals surface area contributed by atoms with Crippen molar-refractivity contribution in [2.45, 2.75) is 175 Å². The fourth-order valence-electron chi connectivity index (χ4n) is 3.91. The minimum Gasteiger partial charge on any atom is -0.550 e. The van der Waals surface area contributed by atoms with Crippen LogP contribution in [0.1, 0.15) is 185 Å². The van der Waals surface area contributed by atoms with Crippen molar-refractivity contribution in [3.8, 4) is 0 Å². The molecule has 42 heavy (non-hydrogen) atoms. The minimum atomic E-state index is -1.11. The van der Waals surface area contributed by atoms with E-state index in [0.29, 0.717) is 0 Å². The standard InChI is InChI=1S/C19H38O2.C10H12O2.2C4H9.Sn/c1-2-3-4-5-6-7-8-9-10-11-12-13-14-15-16-17-18-19(20)21;1-2-3-8-4-6-9(7-5-8)10(11)12;2*1-3-4-2;/h2-18H2,1H3,(H,20,21);4-7H,2-3H2,1H3,(H,11,12);2*1,3-4H2,2H3;/q;;;;+2/p-2. The van der Waals surface area contributed by atoms with Crippen molar-refractivity contribution in [2.75, 3.05) is 0 Å². The van der Waals surface area contributed by atoms with Gasteiger partial charge in [0.1, 0.15) is 0 Å². The van der Waals surface area contributed by atoms with Crippen LogP contribution in [0, 0.1) is 13.8 Å². The maximum absolute atomic E-state index is 10.4. The van der Waals surface area contributed by atoms with Gasteiger partial charge in [0.2, 0.25) is 0 Å². The van der Waals surface area contributed by atoms with Crippen LogP contribution in [0.4, 0.5) is 0 Å². The first kappa shape index (κ1) is 47.9. The van der Waals surface area contributed by atoms with Crippen LogP contribution in [0.15, 0.2) is 24.3 Å². The summed E-state index contributed by atoms with van der Waals surface area (Å²) in [7, 11) is 0. The zero-order chi connectivity index (χ0) is 31.4. The van der Waals surface area contributed by atoms with Crippen LogP contribution in [-0.4, -0.2) is 35.8 Å². The molecule has 4 radical (unpaired) electrons. The van der Waals surface area contributed by atoms with E-state index >= 15 is 0 Å². The second kappa shape index (κ2) is 42.1. The smallest absolute Gasteiger partial charge is 0.550 e. The Labute approximate surface area is 279 Å². The number of carboxylic acids is 2. The Morgan fingerprint density at radius 2 is 0.881 bits per heavy atom. The van der Waals surface area contributed by atoms with Gasteiger partial charge in [-0.15, -0.1) is 0 Å².